The molecule has 0 aliphatic heterocycles. The second kappa shape index (κ2) is 6.33. The summed E-state index contributed by atoms with van der Waals surface area (Å²) in [6.07, 6.45) is 2.68. The molecule has 1 unspecified atom stereocenters. The van der Waals surface area contributed by atoms with Crippen LogP contribution in [0.25, 0.3) is 0 Å². The number of nitrogens with zero attached hydrogens (tertiary/aromatic N) is 3. The largest absolute Gasteiger partial charge is 0.497 e. The molecule has 0 spiro atoms. The Morgan fingerprint density at radius 3 is 2.63 bits per heavy atom. The number of aryl methyl sites for hydroxylation is 1. The minimum absolute atomic E-state index is 0.372. The van der Waals surface area contributed by atoms with E-state index in [1.54, 1.807) is 18.1 Å². The highest BCUT2D eigenvalue weighted by molar-refractivity contribution is 5.27. The summed E-state index contributed by atoms with van der Waals surface area (Å²) in [5.74, 6) is 1.71. The third-order valence-electron chi connectivity index (χ3n) is 2.96. The van der Waals surface area contributed by atoms with Gasteiger partial charge in [0.2, 0.25) is 0 Å². The third kappa shape index (κ3) is 4.06. The van der Waals surface area contributed by atoms with Crippen molar-refractivity contribution in [1.82, 2.24) is 20.1 Å². The van der Waals surface area contributed by atoms with Crippen molar-refractivity contribution in [3.05, 3.63) is 42.0 Å². The molecule has 0 fully saturated rings. The predicted molar refractivity (Wildman–Crippen MR) is 74.0 cm³/mol. The molecule has 1 atom stereocenters. The van der Waals surface area contributed by atoms with Gasteiger partial charge < -0.3 is 10.1 Å². The topological polar surface area (TPSA) is 52.0 Å². The normalized spacial score (nSPS) is 12.4. The molecule has 0 aliphatic carbocycles. The standard InChI is InChI=1S/C14H20N4O/c1-11(15-9-14-16-10-18(2)17-14)8-12-4-6-13(19-3)7-5-12/h4-7,10-11,15H,8-9H2,1-3H3. The molecule has 2 rings (SSSR count). The van der Waals surface area contributed by atoms with Crippen LogP contribution in [0.2, 0.25) is 0 Å². The van der Waals surface area contributed by atoms with Crippen LogP contribution in [0, 0.1) is 0 Å². The van der Waals surface area contributed by atoms with Gasteiger partial charge in [-0.05, 0) is 31.0 Å². The molecule has 0 radical (unpaired) electrons. The fourth-order valence-electron chi connectivity index (χ4n) is 1.92. The summed E-state index contributed by atoms with van der Waals surface area (Å²) in [5.41, 5.74) is 1.29. The van der Waals surface area contributed by atoms with Gasteiger partial charge in [-0.2, -0.15) is 5.10 Å². The summed E-state index contributed by atoms with van der Waals surface area (Å²) in [6, 6.07) is 8.54. The van der Waals surface area contributed by atoms with E-state index in [0.717, 1.165) is 18.0 Å². The van der Waals surface area contributed by atoms with Crippen molar-refractivity contribution < 1.29 is 4.74 Å². The van der Waals surface area contributed by atoms with E-state index in [1.807, 2.05) is 19.2 Å². The van der Waals surface area contributed by atoms with E-state index < -0.39 is 0 Å². The SMILES string of the molecule is COc1ccc(CC(C)NCc2ncn(C)n2)cc1. The number of ether oxygens (including phenoxy) is 1. The van der Waals surface area contributed by atoms with Crippen molar-refractivity contribution in [2.45, 2.75) is 25.9 Å². The lowest BCUT2D eigenvalue weighted by molar-refractivity contribution is 0.414. The Morgan fingerprint density at radius 1 is 1.32 bits per heavy atom. The van der Waals surface area contributed by atoms with Crippen LogP contribution in [-0.4, -0.2) is 27.9 Å². The molecule has 5 heteroatoms. The maximum absolute atomic E-state index is 5.15. The van der Waals surface area contributed by atoms with Gasteiger partial charge in [-0.25, -0.2) is 4.98 Å². The predicted octanol–water partition coefficient (Wildman–Crippen LogP) is 1.54. The average molecular weight is 260 g/mol. The first-order valence-corrected chi connectivity index (χ1v) is 6.38. The molecule has 0 bridgehead atoms. The van der Waals surface area contributed by atoms with Gasteiger partial charge in [0.25, 0.3) is 0 Å². The van der Waals surface area contributed by atoms with Gasteiger partial charge in [0.15, 0.2) is 5.82 Å². The second-order valence-corrected chi connectivity index (χ2v) is 4.67. The van der Waals surface area contributed by atoms with Crippen LogP contribution in [0.3, 0.4) is 0 Å². The second-order valence-electron chi connectivity index (χ2n) is 4.67. The Hall–Kier alpha value is -1.88. The van der Waals surface area contributed by atoms with Gasteiger partial charge in [0.05, 0.1) is 13.7 Å². The van der Waals surface area contributed by atoms with Crippen LogP contribution in [0.5, 0.6) is 5.75 Å². The van der Waals surface area contributed by atoms with E-state index in [0.29, 0.717) is 12.6 Å². The molecule has 0 aliphatic rings. The minimum atomic E-state index is 0.372. The zero-order valence-corrected chi connectivity index (χ0v) is 11.6. The molecule has 0 amide bonds. The zero-order valence-electron chi connectivity index (χ0n) is 11.6. The van der Waals surface area contributed by atoms with Crippen molar-refractivity contribution >= 4 is 0 Å². The van der Waals surface area contributed by atoms with E-state index in [-0.39, 0.29) is 0 Å². The molecular formula is C14H20N4O. The van der Waals surface area contributed by atoms with E-state index >= 15 is 0 Å². The van der Waals surface area contributed by atoms with E-state index in [4.69, 9.17) is 4.74 Å². The van der Waals surface area contributed by atoms with Crippen LogP contribution in [-0.2, 0) is 20.0 Å². The summed E-state index contributed by atoms with van der Waals surface area (Å²) in [6.45, 7) is 2.85. The Morgan fingerprint density at radius 2 is 2.05 bits per heavy atom. The molecule has 1 aromatic carbocycles. The fourth-order valence-corrected chi connectivity index (χ4v) is 1.92. The summed E-state index contributed by atoms with van der Waals surface area (Å²) in [5, 5.41) is 7.66. The average Bonchev–Trinajstić information content (AvgIpc) is 2.83. The highest BCUT2D eigenvalue weighted by Crippen LogP contribution is 2.12. The Kier molecular flexibility index (Phi) is 4.52. The molecule has 0 saturated heterocycles. The zero-order chi connectivity index (χ0) is 13.7. The number of nitrogens with one attached hydrogen (secondary N) is 1. The van der Waals surface area contributed by atoms with E-state index in [9.17, 15) is 0 Å². The molecular weight excluding hydrogens is 240 g/mol. The molecule has 0 saturated carbocycles. The number of rotatable bonds is 6. The summed E-state index contributed by atoms with van der Waals surface area (Å²) >= 11 is 0. The first kappa shape index (κ1) is 13.5. The Labute approximate surface area is 113 Å². The highest BCUT2D eigenvalue weighted by atomic mass is 16.5. The molecule has 102 valence electrons. The maximum Gasteiger partial charge on any atom is 0.164 e. The van der Waals surface area contributed by atoms with Crippen molar-refractivity contribution in [3.63, 3.8) is 0 Å². The molecule has 2 aromatic rings. The van der Waals surface area contributed by atoms with Gasteiger partial charge in [0, 0.05) is 13.1 Å². The lowest BCUT2D eigenvalue weighted by Gasteiger charge is -2.12. The number of benzene rings is 1. The van der Waals surface area contributed by atoms with Crippen molar-refractivity contribution in [2.75, 3.05) is 7.11 Å². The smallest absolute Gasteiger partial charge is 0.164 e. The van der Waals surface area contributed by atoms with Crippen molar-refractivity contribution in [3.8, 4) is 5.75 Å². The lowest BCUT2D eigenvalue weighted by Crippen LogP contribution is -2.28. The first-order valence-electron chi connectivity index (χ1n) is 6.38. The van der Waals surface area contributed by atoms with Crippen LogP contribution in [0.1, 0.15) is 18.3 Å². The minimum Gasteiger partial charge on any atom is -0.497 e. The maximum atomic E-state index is 5.15. The van der Waals surface area contributed by atoms with Gasteiger partial charge in [0.1, 0.15) is 12.1 Å². The molecule has 1 heterocycles. The lowest BCUT2D eigenvalue weighted by atomic mass is 10.1. The third-order valence-corrected chi connectivity index (χ3v) is 2.96. The Bertz CT molecular complexity index is 506. The van der Waals surface area contributed by atoms with Crippen LogP contribution in [0.15, 0.2) is 30.6 Å². The van der Waals surface area contributed by atoms with Gasteiger partial charge in [-0.3, -0.25) is 4.68 Å². The number of methoxy groups -OCH3 is 1. The first-order chi connectivity index (χ1) is 9.17. The molecule has 19 heavy (non-hydrogen) atoms. The van der Waals surface area contributed by atoms with Gasteiger partial charge in [-0.1, -0.05) is 12.1 Å². The molecule has 1 N–H and O–H groups in total. The summed E-state index contributed by atoms with van der Waals surface area (Å²) in [4.78, 5) is 4.19. The van der Waals surface area contributed by atoms with E-state index in [2.05, 4.69) is 34.5 Å². The highest BCUT2D eigenvalue weighted by Gasteiger charge is 2.05. The number of hydrogen-bond donors (Lipinski definition) is 1. The fraction of sp³-hybridized carbons (Fsp3) is 0.429. The monoisotopic (exact) mass is 260 g/mol. The number of hydrogen-bond acceptors (Lipinski definition) is 4. The molecule has 1 aromatic heterocycles. The van der Waals surface area contributed by atoms with E-state index in [1.165, 1.54) is 5.56 Å². The van der Waals surface area contributed by atoms with Crippen molar-refractivity contribution in [2.24, 2.45) is 7.05 Å². The Balaban J connectivity index is 1.81. The van der Waals surface area contributed by atoms with Gasteiger partial charge in [-0.15, -0.1) is 0 Å². The quantitative estimate of drug-likeness (QED) is 0.856. The van der Waals surface area contributed by atoms with Crippen LogP contribution in [0.4, 0.5) is 0 Å². The van der Waals surface area contributed by atoms with Crippen LogP contribution >= 0.6 is 0 Å². The number of aromatic nitrogens is 3. The summed E-state index contributed by atoms with van der Waals surface area (Å²) in [7, 11) is 3.55. The van der Waals surface area contributed by atoms with Crippen molar-refractivity contribution in [1.29, 1.82) is 0 Å². The summed E-state index contributed by atoms with van der Waals surface area (Å²) < 4.78 is 6.86. The molecule has 5 nitrogen and oxygen atoms in total. The van der Waals surface area contributed by atoms with Crippen LogP contribution < -0.4 is 10.1 Å². The van der Waals surface area contributed by atoms with Gasteiger partial charge >= 0.3 is 0 Å².